The highest BCUT2D eigenvalue weighted by Crippen LogP contribution is 2.28. The number of carbonyl (C=O) groups is 1. The van der Waals surface area contributed by atoms with Crippen molar-refractivity contribution in [2.45, 2.75) is 43.9 Å². The minimum Gasteiger partial charge on any atom is -0.310 e. The number of nitrogens with zero attached hydrogens (tertiary/aromatic N) is 3. The lowest BCUT2D eigenvalue weighted by Crippen LogP contribution is -2.25. The van der Waals surface area contributed by atoms with E-state index >= 15 is 0 Å². The van der Waals surface area contributed by atoms with Gasteiger partial charge in [0.1, 0.15) is 16.9 Å². The maximum absolute atomic E-state index is 12.9. The first-order valence-corrected chi connectivity index (χ1v) is 11.0. The summed E-state index contributed by atoms with van der Waals surface area (Å²) < 4.78 is 1.37. The van der Waals surface area contributed by atoms with Crippen molar-refractivity contribution >= 4 is 23.5 Å². The fraction of sp³-hybridized carbons (Fsp3) is 0.304. The molecule has 2 heterocycles. The van der Waals surface area contributed by atoms with Crippen molar-refractivity contribution in [3.05, 3.63) is 70.1 Å². The van der Waals surface area contributed by atoms with Gasteiger partial charge in [-0.05, 0) is 43.0 Å². The number of anilines is 1. The average molecular weight is 436 g/mol. The number of amides is 1. The first kappa shape index (κ1) is 22.4. The number of thioether (sulfide) groups is 1. The third-order valence-electron chi connectivity index (χ3n) is 4.57. The van der Waals surface area contributed by atoms with Gasteiger partial charge in [0.25, 0.3) is 5.56 Å². The number of hydrogen-bond acceptors (Lipinski definition) is 5. The zero-order valence-electron chi connectivity index (χ0n) is 17.8. The number of aromatic nitrogens is 3. The second-order valence-corrected chi connectivity index (χ2v) is 8.74. The van der Waals surface area contributed by atoms with Gasteiger partial charge in [0, 0.05) is 11.8 Å². The number of H-pyrrole nitrogens is 1. The number of pyridine rings is 1. The molecule has 1 amide bonds. The Bertz CT molecular complexity index is 1140. The molecule has 1 atom stereocenters. The third kappa shape index (κ3) is 5.64. The summed E-state index contributed by atoms with van der Waals surface area (Å²) >= 11 is 1.27. The van der Waals surface area contributed by atoms with E-state index in [2.05, 4.69) is 35.3 Å². The van der Waals surface area contributed by atoms with E-state index in [0.717, 1.165) is 12.1 Å². The van der Waals surface area contributed by atoms with E-state index in [9.17, 15) is 14.9 Å². The highest BCUT2D eigenvalue weighted by molar-refractivity contribution is 8.00. The highest BCUT2D eigenvalue weighted by atomic mass is 32.2. The summed E-state index contributed by atoms with van der Waals surface area (Å²) in [5.74, 6) is 0.503. The zero-order chi connectivity index (χ0) is 22.4. The molecule has 31 heavy (non-hydrogen) atoms. The van der Waals surface area contributed by atoms with Crippen molar-refractivity contribution in [3.63, 3.8) is 0 Å². The van der Waals surface area contributed by atoms with Gasteiger partial charge in [-0.3, -0.25) is 14.7 Å². The van der Waals surface area contributed by atoms with Gasteiger partial charge in [-0.2, -0.15) is 5.26 Å². The quantitative estimate of drug-likeness (QED) is 0.518. The maximum atomic E-state index is 12.9. The Morgan fingerprint density at radius 3 is 2.65 bits per heavy atom. The molecule has 8 heteroatoms. The number of benzene rings is 1. The van der Waals surface area contributed by atoms with Crippen LogP contribution in [0.2, 0.25) is 0 Å². The Morgan fingerprint density at radius 2 is 2.00 bits per heavy atom. The minimum absolute atomic E-state index is 0.256. The number of hydrogen-bond donors (Lipinski definition) is 2. The first-order valence-electron chi connectivity index (χ1n) is 10.2. The molecule has 0 aliphatic carbocycles. The fourth-order valence-electron chi connectivity index (χ4n) is 3.08. The van der Waals surface area contributed by atoms with Crippen LogP contribution in [0.4, 0.5) is 5.82 Å². The lowest BCUT2D eigenvalue weighted by molar-refractivity contribution is -0.115. The Kier molecular flexibility index (Phi) is 7.32. The Hall–Kier alpha value is -3.31. The van der Waals surface area contributed by atoms with E-state index in [1.54, 1.807) is 18.2 Å². The summed E-state index contributed by atoms with van der Waals surface area (Å²) in [6.07, 6.45) is 1.34. The van der Waals surface area contributed by atoms with Gasteiger partial charge in [0.2, 0.25) is 5.91 Å². The van der Waals surface area contributed by atoms with Crippen LogP contribution in [0.1, 0.15) is 38.4 Å². The smallest absolute Gasteiger partial charge is 0.273 e. The van der Waals surface area contributed by atoms with Crippen LogP contribution in [0, 0.1) is 17.2 Å². The molecule has 0 spiro atoms. The van der Waals surface area contributed by atoms with Crippen molar-refractivity contribution in [2.75, 3.05) is 5.32 Å². The molecule has 1 unspecified atom stereocenters. The van der Waals surface area contributed by atoms with E-state index in [4.69, 9.17) is 0 Å². The van der Waals surface area contributed by atoms with Crippen LogP contribution < -0.4 is 10.9 Å². The number of rotatable bonds is 8. The second-order valence-electron chi connectivity index (χ2n) is 7.55. The second kappa shape index (κ2) is 10.1. The van der Waals surface area contributed by atoms with Crippen LogP contribution in [-0.2, 0) is 11.2 Å². The predicted octanol–water partition coefficient (Wildman–Crippen LogP) is 4.14. The van der Waals surface area contributed by atoms with Gasteiger partial charge in [-0.15, -0.1) is 0 Å². The monoisotopic (exact) mass is 435 g/mol. The van der Waals surface area contributed by atoms with Gasteiger partial charge in [0.05, 0.1) is 16.5 Å². The topological polar surface area (TPSA) is 104 Å². The minimum atomic E-state index is -0.461. The normalized spacial score (nSPS) is 11.8. The van der Waals surface area contributed by atoms with Crippen LogP contribution in [0.5, 0.6) is 0 Å². The van der Waals surface area contributed by atoms with Crippen LogP contribution in [0.25, 0.3) is 5.69 Å². The standard InChI is InChI=1S/C23H25N5O2S/c1-4-19(31-23-16(14-24)10-11-17(25-23)12-15(2)3)22(30)26-20-13-21(29)28(27-20)18-8-6-5-7-9-18/h5-11,13,15,19,27H,4,12H2,1-3H3,(H,26,30). The van der Waals surface area contributed by atoms with Gasteiger partial charge in [-0.1, -0.05) is 50.7 Å². The largest absolute Gasteiger partial charge is 0.310 e. The van der Waals surface area contributed by atoms with Crippen molar-refractivity contribution in [1.29, 1.82) is 5.26 Å². The first-order chi connectivity index (χ1) is 14.9. The van der Waals surface area contributed by atoms with Crippen LogP contribution >= 0.6 is 11.8 Å². The summed E-state index contributed by atoms with van der Waals surface area (Å²) in [5, 5.41) is 15.2. The van der Waals surface area contributed by atoms with E-state index in [1.807, 2.05) is 31.2 Å². The van der Waals surface area contributed by atoms with Gasteiger partial charge in [-0.25, -0.2) is 9.67 Å². The Morgan fingerprint density at radius 1 is 1.26 bits per heavy atom. The highest BCUT2D eigenvalue weighted by Gasteiger charge is 2.22. The lowest BCUT2D eigenvalue weighted by Gasteiger charge is -2.15. The Balaban J connectivity index is 1.77. The zero-order valence-corrected chi connectivity index (χ0v) is 18.6. The van der Waals surface area contributed by atoms with Gasteiger partial charge < -0.3 is 5.32 Å². The molecule has 0 radical (unpaired) electrons. The summed E-state index contributed by atoms with van der Waals surface area (Å²) in [5.41, 5.74) is 1.76. The molecule has 160 valence electrons. The van der Waals surface area contributed by atoms with Crippen molar-refractivity contribution in [2.24, 2.45) is 5.92 Å². The number of nitrogens with one attached hydrogen (secondary N) is 2. The van der Waals surface area contributed by atoms with E-state index < -0.39 is 5.25 Å². The molecule has 0 fully saturated rings. The molecular formula is C23H25N5O2S. The SMILES string of the molecule is CCC(Sc1nc(CC(C)C)ccc1C#N)C(=O)Nc1cc(=O)n(-c2ccccc2)[nH]1. The summed E-state index contributed by atoms with van der Waals surface area (Å²) in [6.45, 7) is 6.12. The number of nitriles is 1. The van der Waals surface area contributed by atoms with Crippen molar-refractivity contribution in [1.82, 2.24) is 14.8 Å². The van der Waals surface area contributed by atoms with Crippen molar-refractivity contribution in [3.8, 4) is 11.8 Å². The summed E-state index contributed by atoms with van der Waals surface area (Å²) in [6, 6.07) is 16.3. The molecule has 7 nitrogen and oxygen atoms in total. The lowest BCUT2D eigenvalue weighted by atomic mass is 10.1. The molecule has 0 saturated heterocycles. The molecule has 0 aliphatic heterocycles. The molecule has 2 aromatic heterocycles. The predicted molar refractivity (Wildman–Crippen MR) is 122 cm³/mol. The van der Waals surface area contributed by atoms with Gasteiger partial charge in [0.15, 0.2) is 0 Å². The van der Waals surface area contributed by atoms with Crippen LogP contribution in [0.15, 0.2) is 58.4 Å². The third-order valence-corrected chi connectivity index (χ3v) is 5.93. The number of para-hydroxylation sites is 1. The Labute approximate surface area is 185 Å². The van der Waals surface area contributed by atoms with Gasteiger partial charge >= 0.3 is 0 Å². The van der Waals surface area contributed by atoms with E-state index in [1.165, 1.54) is 22.5 Å². The summed E-state index contributed by atoms with van der Waals surface area (Å²) in [7, 11) is 0. The van der Waals surface area contributed by atoms with E-state index in [0.29, 0.717) is 34.4 Å². The van der Waals surface area contributed by atoms with Crippen molar-refractivity contribution < 1.29 is 4.79 Å². The van der Waals surface area contributed by atoms with E-state index in [-0.39, 0.29) is 11.5 Å². The fourth-order valence-corrected chi connectivity index (χ4v) is 4.10. The average Bonchev–Trinajstić information content (AvgIpc) is 3.12. The molecule has 3 rings (SSSR count). The summed E-state index contributed by atoms with van der Waals surface area (Å²) in [4.78, 5) is 29.8. The van der Waals surface area contributed by atoms with Crippen LogP contribution in [0.3, 0.4) is 0 Å². The molecule has 3 aromatic rings. The number of aromatic amines is 1. The number of carbonyl (C=O) groups excluding carboxylic acids is 1. The molecule has 0 bridgehead atoms. The molecule has 2 N–H and O–H groups in total. The van der Waals surface area contributed by atoms with Crippen LogP contribution in [-0.4, -0.2) is 25.9 Å². The molecule has 0 saturated carbocycles. The molecule has 1 aromatic carbocycles. The molecular weight excluding hydrogens is 410 g/mol. The maximum Gasteiger partial charge on any atom is 0.273 e. The molecule has 0 aliphatic rings.